The molecular formula is C23H25BrCl2N4O. The maximum Gasteiger partial charge on any atom is 0.282 e. The van der Waals surface area contributed by atoms with Gasteiger partial charge in [-0.3, -0.25) is 15.2 Å². The second-order valence-corrected chi connectivity index (χ2v) is 9.81. The van der Waals surface area contributed by atoms with Gasteiger partial charge in [0.2, 0.25) is 0 Å². The number of carbonyl (C=O) groups is 1. The maximum absolute atomic E-state index is 13.2. The van der Waals surface area contributed by atoms with Gasteiger partial charge >= 0.3 is 0 Å². The molecule has 31 heavy (non-hydrogen) atoms. The standard InChI is InChI=1S/C23H25BrCl2N4O/c1-15-21(23(31)28-29-12-4-2-3-5-13-29)27-30(20-11-10-18(25)14-19(20)26)22(15)16-6-8-17(24)9-7-16/h6-11,14-15,22H,2-5,12-13H2,1H3,(H,28,31)/t15-,22+/m1/s1. The Morgan fingerprint density at radius 3 is 2.39 bits per heavy atom. The number of halogens is 3. The molecule has 8 heteroatoms. The molecule has 0 bridgehead atoms. The number of nitrogens with zero attached hydrogens (tertiary/aromatic N) is 3. The average Bonchev–Trinajstić information content (AvgIpc) is 2.89. The van der Waals surface area contributed by atoms with Crippen molar-refractivity contribution in [2.45, 2.75) is 38.6 Å². The number of hydrogen-bond donors (Lipinski definition) is 1. The van der Waals surface area contributed by atoms with Gasteiger partial charge in [-0.15, -0.1) is 0 Å². The molecule has 1 fully saturated rings. The summed E-state index contributed by atoms with van der Waals surface area (Å²) in [5.74, 6) is -0.274. The molecule has 2 heterocycles. The van der Waals surface area contributed by atoms with Crippen molar-refractivity contribution in [2.75, 3.05) is 18.1 Å². The van der Waals surface area contributed by atoms with Gasteiger partial charge in [-0.1, -0.05) is 71.0 Å². The van der Waals surface area contributed by atoms with Crippen LogP contribution in [0.25, 0.3) is 0 Å². The van der Waals surface area contributed by atoms with Gasteiger partial charge in [0.1, 0.15) is 5.71 Å². The molecule has 2 aromatic rings. The molecule has 0 aliphatic carbocycles. The van der Waals surface area contributed by atoms with Crippen molar-refractivity contribution < 1.29 is 4.79 Å². The third-order valence-corrected chi connectivity index (χ3v) is 6.92. The van der Waals surface area contributed by atoms with Gasteiger partial charge in [0.15, 0.2) is 0 Å². The Labute approximate surface area is 201 Å². The number of rotatable bonds is 4. The summed E-state index contributed by atoms with van der Waals surface area (Å²) in [5, 5.41) is 9.71. The van der Waals surface area contributed by atoms with Crippen LogP contribution in [0.5, 0.6) is 0 Å². The molecule has 0 aromatic heterocycles. The molecule has 1 N–H and O–H groups in total. The number of carbonyl (C=O) groups excluding carboxylic acids is 1. The van der Waals surface area contributed by atoms with Crippen molar-refractivity contribution >= 4 is 56.4 Å². The Morgan fingerprint density at radius 1 is 1.06 bits per heavy atom. The molecule has 2 aliphatic rings. The Kier molecular flexibility index (Phi) is 7.22. The van der Waals surface area contributed by atoms with Crippen LogP contribution < -0.4 is 10.4 Å². The Balaban J connectivity index is 1.66. The summed E-state index contributed by atoms with van der Waals surface area (Å²) in [4.78, 5) is 13.2. The lowest BCUT2D eigenvalue weighted by molar-refractivity contribution is -0.119. The highest BCUT2D eigenvalue weighted by molar-refractivity contribution is 9.10. The zero-order valence-electron chi connectivity index (χ0n) is 17.3. The third kappa shape index (κ3) is 5.08. The van der Waals surface area contributed by atoms with Crippen molar-refractivity contribution in [3.05, 3.63) is 62.5 Å². The van der Waals surface area contributed by atoms with Crippen molar-refractivity contribution in [1.82, 2.24) is 10.4 Å². The van der Waals surface area contributed by atoms with E-state index >= 15 is 0 Å². The van der Waals surface area contributed by atoms with E-state index < -0.39 is 0 Å². The number of hydrogen-bond acceptors (Lipinski definition) is 4. The van der Waals surface area contributed by atoms with Crippen LogP contribution >= 0.6 is 39.1 Å². The first-order valence-electron chi connectivity index (χ1n) is 10.6. The minimum Gasteiger partial charge on any atom is -0.284 e. The molecule has 1 saturated heterocycles. The molecule has 0 spiro atoms. The second-order valence-electron chi connectivity index (χ2n) is 8.05. The summed E-state index contributed by atoms with van der Waals surface area (Å²) in [5.41, 5.74) is 5.37. The van der Waals surface area contributed by atoms with Crippen LogP contribution in [0.1, 0.15) is 44.2 Å². The summed E-state index contributed by atoms with van der Waals surface area (Å²) < 4.78 is 0.998. The van der Waals surface area contributed by atoms with Crippen LogP contribution in [-0.4, -0.2) is 29.7 Å². The smallest absolute Gasteiger partial charge is 0.282 e. The molecular weight excluding hydrogens is 499 g/mol. The summed E-state index contributed by atoms with van der Waals surface area (Å²) in [6.45, 7) is 3.78. The number of nitrogens with one attached hydrogen (secondary N) is 1. The van der Waals surface area contributed by atoms with Crippen LogP contribution in [-0.2, 0) is 4.79 Å². The third-order valence-electron chi connectivity index (χ3n) is 5.85. The zero-order chi connectivity index (χ0) is 22.0. The highest BCUT2D eigenvalue weighted by Gasteiger charge is 2.40. The molecule has 0 unspecified atom stereocenters. The second kappa shape index (κ2) is 9.90. The van der Waals surface area contributed by atoms with Crippen LogP contribution in [0, 0.1) is 5.92 Å². The Hall–Kier alpha value is -1.60. The minimum absolute atomic E-state index is 0.125. The largest absolute Gasteiger partial charge is 0.284 e. The lowest BCUT2D eigenvalue weighted by Crippen LogP contribution is -2.46. The van der Waals surface area contributed by atoms with Crippen molar-refractivity contribution in [1.29, 1.82) is 0 Å². The van der Waals surface area contributed by atoms with Crippen LogP contribution in [0.2, 0.25) is 10.0 Å². The fourth-order valence-electron chi connectivity index (χ4n) is 4.23. The first kappa shape index (κ1) is 22.6. The van der Waals surface area contributed by atoms with Crippen LogP contribution in [0.15, 0.2) is 52.0 Å². The summed E-state index contributed by atoms with van der Waals surface area (Å²) >= 11 is 16.1. The fraction of sp³-hybridized carbons (Fsp3) is 0.391. The van der Waals surface area contributed by atoms with E-state index in [0.29, 0.717) is 15.8 Å². The SMILES string of the molecule is C[C@@H]1C(C(=O)NN2CCCCCC2)=NN(c2ccc(Cl)cc2Cl)[C@@H]1c1ccc(Br)cc1. The molecule has 0 saturated carbocycles. The number of anilines is 1. The summed E-state index contributed by atoms with van der Waals surface area (Å²) in [6, 6.07) is 13.3. The summed E-state index contributed by atoms with van der Waals surface area (Å²) in [7, 11) is 0. The van der Waals surface area contributed by atoms with Gasteiger partial charge in [0, 0.05) is 28.5 Å². The van der Waals surface area contributed by atoms with E-state index in [9.17, 15) is 4.79 Å². The van der Waals surface area contributed by atoms with Gasteiger partial charge < -0.3 is 0 Å². The predicted molar refractivity (Wildman–Crippen MR) is 131 cm³/mol. The molecule has 1 amide bonds. The molecule has 4 rings (SSSR count). The number of hydrazine groups is 1. The van der Waals surface area contributed by atoms with E-state index in [0.717, 1.165) is 41.7 Å². The molecule has 2 atom stereocenters. The monoisotopic (exact) mass is 522 g/mol. The lowest BCUT2D eigenvalue weighted by atomic mass is 9.91. The molecule has 2 aromatic carbocycles. The Bertz CT molecular complexity index is 974. The average molecular weight is 524 g/mol. The molecule has 5 nitrogen and oxygen atoms in total. The van der Waals surface area contributed by atoms with E-state index in [4.69, 9.17) is 28.3 Å². The van der Waals surface area contributed by atoms with E-state index in [1.807, 2.05) is 47.3 Å². The number of benzene rings is 2. The van der Waals surface area contributed by atoms with Gasteiger partial charge in [-0.2, -0.15) is 5.10 Å². The fourth-order valence-corrected chi connectivity index (χ4v) is 4.99. The van der Waals surface area contributed by atoms with E-state index in [1.54, 1.807) is 12.1 Å². The highest BCUT2D eigenvalue weighted by atomic mass is 79.9. The van der Waals surface area contributed by atoms with E-state index in [-0.39, 0.29) is 17.9 Å². The first-order chi connectivity index (χ1) is 14.9. The first-order valence-corrected chi connectivity index (χ1v) is 12.1. The van der Waals surface area contributed by atoms with E-state index in [1.165, 1.54) is 12.8 Å². The number of amides is 1. The van der Waals surface area contributed by atoms with Crippen LogP contribution in [0.3, 0.4) is 0 Å². The van der Waals surface area contributed by atoms with Gasteiger partial charge in [-0.05, 0) is 48.7 Å². The zero-order valence-corrected chi connectivity index (χ0v) is 20.4. The lowest BCUT2D eigenvalue weighted by Gasteiger charge is -2.28. The number of hydrazone groups is 1. The normalized spacial score (nSPS) is 22.2. The minimum atomic E-state index is -0.156. The van der Waals surface area contributed by atoms with Crippen LogP contribution in [0.4, 0.5) is 5.69 Å². The topological polar surface area (TPSA) is 47.9 Å². The predicted octanol–water partition coefficient (Wildman–Crippen LogP) is 6.22. The van der Waals surface area contributed by atoms with E-state index in [2.05, 4.69) is 21.4 Å². The van der Waals surface area contributed by atoms with Crippen molar-refractivity contribution in [2.24, 2.45) is 11.0 Å². The molecule has 164 valence electrons. The summed E-state index contributed by atoms with van der Waals surface area (Å²) in [6.07, 6.45) is 4.60. The van der Waals surface area contributed by atoms with Gasteiger partial charge in [0.25, 0.3) is 5.91 Å². The highest BCUT2D eigenvalue weighted by Crippen LogP contribution is 2.42. The van der Waals surface area contributed by atoms with Gasteiger partial charge in [-0.25, -0.2) is 5.01 Å². The van der Waals surface area contributed by atoms with Crippen molar-refractivity contribution in [3.8, 4) is 0 Å². The molecule has 0 radical (unpaired) electrons. The molecule has 2 aliphatic heterocycles. The van der Waals surface area contributed by atoms with Crippen molar-refractivity contribution in [3.63, 3.8) is 0 Å². The quantitative estimate of drug-likeness (QED) is 0.517. The van der Waals surface area contributed by atoms with Gasteiger partial charge in [0.05, 0.1) is 16.8 Å². The maximum atomic E-state index is 13.2. The Morgan fingerprint density at radius 2 is 1.74 bits per heavy atom.